The zero-order valence-electron chi connectivity index (χ0n) is 19.6. The third-order valence-corrected chi connectivity index (χ3v) is 4.49. The average Bonchev–Trinajstić information content (AvgIpc) is 3.31. The molecule has 33 heavy (non-hydrogen) atoms. The van der Waals surface area contributed by atoms with Gasteiger partial charge in [-0.05, 0) is 67.5 Å². The number of methoxy groups -OCH3 is 1. The Hall–Kier alpha value is -3.93. The van der Waals surface area contributed by atoms with Crippen molar-refractivity contribution in [1.82, 2.24) is 15.2 Å². The van der Waals surface area contributed by atoms with E-state index < -0.39 is 0 Å². The van der Waals surface area contributed by atoms with E-state index in [2.05, 4.69) is 40.3 Å². The predicted molar refractivity (Wildman–Crippen MR) is 138 cm³/mol. The summed E-state index contributed by atoms with van der Waals surface area (Å²) in [7, 11) is 1.62. The van der Waals surface area contributed by atoms with E-state index in [9.17, 15) is 0 Å². The van der Waals surface area contributed by atoms with Crippen molar-refractivity contribution in [3.63, 3.8) is 0 Å². The third kappa shape index (κ3) is 8.99. The molecule has 0 saturated heterocycles. The van der Waals surface area contributed by atoms with Gasteiger partial charge < -0.3 is 9.47 Å². The number of aromatic nitrogens is 3. The zero-order chi connectivity index (χ0) is 23.9. The van der Waals surface area contributed by atoms with Crippen LogP contribution < -0.4 is 0 Å². The van der Waals surface area contributed by atoms with Gasteiger partial charge in [0.25, 0.3) is 0 Å². The maximum absolute atomic E-state index is 5.83. The van der Waals surface area contributed by atoms with Crippen LogP contribution >= 0.6 is 0 Å². The second-order valence-electron chi connectivity index (χ2n) is 7.04. The molecule has 1 N–H and O–H groups in total. The van der Waals surface area contributed by atoms with Crippen molar-refractivity contribution in [3.05, 3.63) is 102 Å². The molecule has 0 bridgehead atoms. The first-order valence-corrected chi connectivity index (χ1v) is 10.8. The smallest absolute Gasteiger partial charge is 0.130 e. The Morgan fingerprint density at radius 1 is 1.15 bits per heavy atom. The van der Waals surface area contributed by atoms with Crippen molar-refractivity contribution < 1.29 is 9.47 Å². The third-order valence-electron chi connectivity index (χ3n) is 4.49. The highest BCUT2D eigenvalue weighted by Gasteiger charge is 2.03. The lowest BCUT2D eigenvalue weighted by molar-refractivity contribution is 0.263. The molecular weight excluding hydrogens is 412 g/mol. The summed E-state index contributed by atoms with van der Waals surface area (Å²) < 4.78 is 11.4. The maximum Gasteiger partial charge on any atom is 0.130 e. The van der Waals surface area contributed by atoms with E-state index in [0.29, 0.717) is 18.1 Å². The van der Waals surface area contributed by atoms with Gasteiger partial charge in [-0.3, -0.25) is 15.1 Å². The number of ether oxygens (including phenoxy) is 2. The largest absolute Gasteiger partial charge is 0.496 e. The Labute approximate surface area is 196 Å². The lowest BCUT2D eigenvalue weighted by atomic mass is 10.2. The molecule has 0 spiro atoms. The van der Waals surface area contributed by atoms with Gasteiger partial charge in [0.1, 0.15) is 18.1 Å². The van der Waals surface area contributed by atoms with Gasteiger partial charge in [-0.25, -0.2) is 0 Å². The molecule has 0 atom stereocenters. The second-order valence-corrected chi connectivity index (χ2v) is 7.04. The fraction of sp³-hybridized carbons (Fsp3) is 0.222. The molecule has 0 aromatic carbocycles. The minimum absolute atomic E-state index is 0.329. The van der Waals surface area contributed by atoms with Gasteiger partial charge in [0.05, 0.1) is 29.9 Å². The van der Waals surface area contributed by atoms with E-state index in [-0.39, 0.29) is 0 Å². The lowest BCUT2D eigenvalue weighted by Gasteiger charge is -2.09. The normalized spacial score (nSPS) is 13.3. The van der Waals surface area contributed by atoms with E-state index in [1.165, 1.54) is 0 Å². The lowest BCUT2D eigenvalue weighted by Crippen LogP contribution is -2.06. The highest BCUT2D eigenvalue weighted by Crippen LogP contribution is 2.15. The Morgan fingerprint density at radius 3 is 2.67 bits per heavy atom. The first kappa shape index (κ1) is 25.3. The molecule has 2 aromatic rings. The van der Waals surface area contributed by atoms with Gasteiger partial charge in [-0.15, -0.1) is 0 Å². The van der Waals surface area contributed by atoms with Gasteiger partial charge in [0, 0.05) is 18.8 Å². The van der Waals surface area contributed by atoms with Crippen LogP contribution in [0.3, 0.4) is 0 Å². The summed E-state index contributed by atoms with van der Waals surface area (Å²) in [6.07, 6.45) is 15.6. The number of allylic oxidation sites excluding steroid dienone is 4. The Balaban J connectivity index is 2.08. The van der Waals surface area contributed by atoms with E-state index in [1.807, 2.05) is 55.5 Å². The van der Waals surface area contributed by atoms with Crippen molar-refractivity contribution in [2.45, 2.75) is 20.3 Å². The maximum atomic E-state index is 5.83. The Kier molecular flexibility index (Phi) is 10.9. The van der Waals surface area contributed by atoms with Gasteiger partial charge >= 0.3 is 0 Å². The van der Waals surface area contributed by atoms with Crippen LogP contribution in [0.4, 0.5) is 0 Å². The number of hydrogen-bond acceptors (Lipinski definition) is 5. The Bertz CT molecular complexity index is 1060. The molecule has 0 aliphatic heterocycles. The number of hydrogen-bond donors (Lipinski definition) is 1. The van der Waals surface area contributed by atoms with Gasteiger partial charge in [-0.2, -0.15) is 5.10 Å². The predicted octanol–water partition coefficient (Wildman–Crippen LogP) is 6.03. The molecule has 0 aliphatic carbocycles. The molecule has 6 nitrogen and oxygen atoms in total. The van der Waals surface area contributed by atoms with Crippen LogP contribution in [0.2, 0.25) is 0 Å². The van der Waals surface area contributed by atoms with Crippen LogP contribution in [-0.4, -0.2) is 41.2 Å². The van der Waals surface area contributed by atoms with Gasteiger partial charge in [0.15, 0.2) is 0 Å². The highest BCUT2D eigenvalue weighted by molar-refractivity contribution is 5.95. The molecule has 0 saturated carbocycles. The zero-order valence-corrected chi connectivity index (χ0v) is 19.6. The first-order chi connectivity index (χ1) is 16.1. The van der Waals surface area contributed by atoms with Crippen molar-refractivity contribution in [2.75, 3.05) is 20.3 Å². The minimum atomic E-state index is 0.329. The number of nitrogens with zero attached hydrogens (tertiary/aromatic N) is 3. The number of H-pyrrole nitrogens is 1. The van der Waals surface area contributed by atoms with Crippen LogP contribution in [0.1, 0.15) is 37.4 Å². The molecule has 0 aliphatic rings. The van der Waals surface area contributed by atoms with Crippen molar-refractivity contribution in [1.29, 1.82) is 0 Å². The van der Waals surface area contributed by atoms with Crippen molar-refractivity contribution in [2.24, 2.45) is 4.99 Å². The highest BCUT2D eigenvalue weighted by atomic mass is 16.5. The molecule has 172 valence electrons. The van der Waals surface area contributed by atoms with Crippen molar-refractivity contribution in [3.8, 4) is 0 Å². The van der Waals surface area contributed by atoms with Crippen LogP contribution in [0, 0.1) is 0 Å². The monoisotopic (exact) mass is 444 g/mol. The van der Waals surface area contributed by atoms with Crippen LogP contribution in [0.15, 0.2) is 90.0 Å². The molecule has 2 rings (SSSR count). The van der Waals surface area contributed by atoms with E-state index in [4.69, 9.17) is 9.47 Å². The number of pyridine rings is 1. The Morgan fingerprint density at radius 2 is 2.00 bits per heavy atom. The topological polar surface area (TPSA) is 72.4 Å². The van der Waals surface area contributed by atoms with Crippen LogP contribution in [-0.2, 0) is 9.47 Å². The average molecular weight is 445 g/mol. The SMILES string of the molecule is C=C\C(=C/C(OC)=C(C)/C=C/c1cc(/C=C/c2ccccn2)[nH]n1)OC/C(C=C)=N/CCC. The standard InChI is InChI=1S/C27H32N4O2/c1-6-16-28-22(7-2)20-33-26(8-3)19-27(32-5)21(4)12-13-24-18-25(31-30-24)15-14-23-11-9-10-17-29-23/h7-15,17-19H,2-3,6,16,20H2,1,4-5H3,(H,30,31)/b13-12+,15-14+,26-19+,27-21-,28-22+. The molecule has 2 aromatic heterocycles. The molecule has 2 heterocycles. The summed E-state index contributed by atoms with van der Waals surface area (Å²) in [5, 5.41) is 7.32. The summed E-state index contributed by atoms with van der Waals surface area (Å²) in [6, 6.07) is 7.74. The van der Waals surface area contributed by atoms with Crippen LogP contribution in [0.25, 0.3) is 18.2 Å². The molecule has 0 unspecified atom stereocenters. The van der Waals surface area contributed by atoms with Gasteiger partial charge in [-0.1, -0.05) is 32.2 Å². The summed E-state index contributed by atoms with van der Waals surface area (Å²) >= 11 is 0. The van der Waals surface area contributed by atoms with E-state index >= 15 is 0 Å². The molecule has 0 radical (unpaired) electrons. The molecule has 6 heteroatoms. The summed E-state index contributed by atoms with van der Waals surface area (Å²) in [4.78, 5) is 8.71. The minimum Gasteiger partial charge on any atom is -0.496 e. The number of aliphatic imine (C=N–C) groups is 1. The summed E-state index contributed by atoms with van der Waals surface area (Å²) in [5.41, 5.74) is 4.29. The molecule has 0 fully saturated rings. The summed E-state index contributed by atoms with van der Waals surface area (Å²) in [5.74, 6) is 1.25. The fourth-order valence-electron chi connectivity index (χ4n) is 2.67. The van der Waals surface area contributed by atoms with Crippen LogP contribution in [0.5, 0.6) is 0 Å². The van der Waals surface area contributed by atoms with Crippen molar-refractivity contribution >= 4 is 23.9 Å². The molecular formula is C27H32N4O2. The first-order valence-electron chi connectivity index (χ1n) is 10.8. The number of aromatic amines is 1. The van der Waals surface area contributed by atoms with E-state index in [1.54, 1.807) is 31.5 Å². The summed E-state index contributed by atoms with van der Waals surface area (Å²) in [6.45, 7) is 12.7. The van der Waals surface area contributed by atoms with E-state index in [0.717, 1.165) is 41.3 Å². The van der Waals surface area contributed by atoms with Gasteiger partial charge in [0.2, 0.25) is 0 Å². The molecule has 0 amide bonds. The number of nitrogens with one attached hydrogen (secondary N) is 1. The second kappa shape index (κ2) is 14.2. The quantitative estimate of drug-likeness (QED) is 0.232. The fourth-order valence-corrected chi connectivity index (χ4v) is 2.67. The number of rotatable bonds is 13.